The maximum Gasteiger partial charge on any atom is 0.0102 e. The number of hydrogen-bond acceptors (Lipinski definition) is 2. The predicted molar refractivity (Wildman–Crippen MR) is 73.8 cm³/mol. The predicted octanol–water partition coefficient (Wildman–Crippen LogP) is 2.99. The molecule has 0 bridgehead atoms. The van der Waals surface area contributed by atoms with Crippen molar-refractivity contribution in [3.63, 3.8) is 0 Å². The van der Waals surface area contributed by atoms with Gasteiger partial charge in [-0.25, -0.2) is 0 Å². The van der Waals surface area contributed by atoms with Crippen LogP contribution < -0.4 is 5.32 Å². The normalized spacial score (nSPS) is 16.9. The summed E-state index contributed by atoms with van der Waals surface area (Å²) in [6.45, 7) is 18.2. The minimum atomic E-state index is 0.227. The van der Waals surface area contributed by atoms with Crippen molar-refractivity contribution in [3.05, 3.63) is 0 Å². The molecule has 2 nitrogen and oxygen atoms in total. The zero-order valence-corrected chi connectivity index (χ0v) is 12.6. The molecule has 0 fully saturated rings. The highest BCUT2D eigenvalue weighted by Gasteiger charge is 2.19. The molecule has 16 heavy (non-hydrogen) atoms. The number of nitrogens with zero attached hydrogens (tertiary/aromatic N) is 1. The van der Waals surface area contributed by atoms with Gasteiger partial charge in [0.15, 0.2) is 0 Å². The smallest absolute Gasteiger partial charge is 0.0102 e. The fourth-order valence-electron chi connectivity index (χ4n) is 1.81. The molecule has 0 radical (unpaired) electrons. The molecule has 0 aromatic carbocycles. The van der Waals surface area contributed by atoms with Crippen LogP contribution in [0.3, 0.4) is 0 Å². The van der Waals surface area contributed by atoms with Crippen molar-refractivity contribution in [1.29, 1.82) is 0 Å². The van der Waals surface area contributed by atoms with E-state index in [9.17, 15) is 0 Å². The van der Waals surface area contributed by atoms with Crippen LogP contribution in [-0.4, -0.2) is 36.6 Å². The van der Waals surface area contributed by atoms with Gasteiger partial charge in [-0.2, -0.15) is 0 Å². The molecule has 0 amide bonds. The molecular weight excluding hydrogens is 196 g/mol. The van der Waals surface area contributed by atoms with E-state index in [1.165, 1.54) is 6.54 Å². The summed E-state index contributed by atoms with van der Waals surface area (Å²) in [5, 5.41) is 3.58. The molecule has 0 aromatic rings. The number of hydrogen-bond donors (Lipinski definition) is 1. The molecule has 0 saturated carbocycles. The summed E-state index contributed by atoms with van der Waals surface area (Å²) in [7, 11) is 2.23. The highest BCUT2D eigenvalue weighted by atomic mass is 15.1. The molecule has 2 unspecified atom stereocenters. The summed E-state index contributed by atoms with van der Waals surface area (Å²) < 4.78 is 0. The Kier molecular flexibility index (Phi) is 6.57. The SMILES string of the molecule is CC(C)CN(C)C(C)C(C)CNC(C)(C)C. The Labute approximate surface area is 103 Å². The molecule has 98 valence electrons. The second-order valence-electron chi connectivity index (χ2n) is 6.68. The molecule has 0 rings (SSSR count). The summed E-state index contributed by atoms with van der Waals surface area (Å²) >= 11 is 0. The van der Waals surface area contributed by atoms with Crippen molar-refractivity contribution in [2.75, 3.05) is 20.1 Å². The van der Waals surface area contributed by atoms with Crippen LogP contribution >= 0.6 is 0 Å². The monoisotopic (exact) mass is 228 g/mol. The zero-order chi connectivity index (χ0) is 12.9. The highest BCUT2D eigenvalue weighted by molar-refractivity contribution is 4.77. The van der Waals surface area contributed by atoms with Crippen molar-refractivity contribution < 1.29 is 0 Å². The summed E-state index contributed by atoms with van der Waals surface area (Å²) in [5.74, 6) is 1.43. The quantitative estimate of drug-likeness (QED) is 0.752. The second-order valence-corrected chi connectivity index (χ2v) is 6.68. The summed E-state index contributed by atoms with van der Waals surface area (Å²) in [4.78, 5) is 2.47. The Hall–Kier alpha value is -0.0800. The van der Waals surface area contributed by atoms with Crippen LogP contribution in [-0.2, 0) is 0 Å². The van der Waals surface area contributed by atoms with Crippen molar-refractivity contribution in [2.45, 2.75) is 60.0 Å². The van der Waals surface area contributed by atoms with E-state index in [0.717, 1.165) is 12.5 Å². The van der Waals surface area contributed by atoms with Crippen LogP contribution in [0.4, 0.5) is 0 Å². The minimum absolute atomic E-state index is 0.227. The molecule has 2 heteroatoms. The third-order valence-electron chi connectivity index (χ3n) is 3.13. The third kappa shape index (κ3) is 7.24. The van der Waals surface area contributed by atoms with Gasteiger partial charge < -0.3 is 10.2 Å². The van der Waals surface area contributed by atoms with E-state index in [1.807, 2.05) is 0 Å². The van der Waals surface area contributed by atoms with Crippen LogP contribution in [0.2, 0.25) is 0 Å². The number of rotatable bonds is 6. The Morgan fingerprint density at radius 1 is 1.06 bits per heavy atom. The molecule has 2 atom stereocenters. The highest BCUT2D eigenvalue weighted by Crippen LogP contribution is 2.11. The van der Waals surface area contributed by atoms with Crippen molar-refractivity contribution in [2.24, 2.45) is 11.8 Å². The first-order valence-electron chi connectivity index (χ1n) is 6.58. The van der Waals surface area contributed by atoms with Gasteiger partial charge in [0, 0.05) is 18.1 Å². The average Bonchev–Trinajstić information content (AvgIpc) is 2.10. The molecule has 0 aliphatic rings. The van der Waals surface area contributed by atoms with Crippen LogP contribution in [0.25, 0.3) is 0 Å². The molecule has 0 heterocycles. The van der Waals surface area contributed by atoms with Gasteiger partial charge in [0.05, 0.1) is 0 Å². The Balaban J connectivity index is 4.02. The van der Waals surface area contributed by atoms with Gasteiger partial charge in [-0.1, -0.05) is 20.8 Å². The van der Waals surface area contributed by atoms with Crippen LogP contribution in [0.1, 0.15) is 48.5 Å². The summed E-state index contributed by atoms with van der Waals surface area (Å²) in [6, 6.07) is 0.636. The molecule has 0 aliphatic carbocycles. The maximum atomic E-state index is 3.58. The third-order valence-corrected chi connectivity index (χ3v) is 3.13. The van der Waals surface area contributed by atoms with Crippen LogP contribution in [0, 0.1) is 11.8 Å². The number of nitrogens with one attached hydrogen (secondary N) is 1. The lowest BCUT2D eigenvalue weighted by Crippen LogP contribution is -2.45. The van der Waals surface area contributed by atoms with E-state index in [-0.39, 0.29) is 5.54 Å². The van der Waals surface area contributed by atoms with Gasteiger partial charge in [-0.05, 0) is 53.1 Å². The van der Waals surface area contributed by atoms with Gasteiger partial charge in [-0.15, -0.1) is 0 Å². The zero-order valence-electron chi connectivity index (χ0n) is 12.6. The minimum Gasteiger partial charge on any atom is -0.312 e. The van der Waals surface area contributed by atoms with Gasteiger partial charge in [0.25, 0.3) is 0 Å². The van der Waals surface area contributed by atoms with E-state index in [1.54, 1.807) is 0 Å². The lowest BCUT2D eigenvalue weighted by molar-refractivity contribution is 0.172. The van der Waals surface area contributed by atoms with Gasteiger partial charge >= 0.3 is 0 Å². The molecular formula is C14H32N2. The largest absolute Gasteiger partial charge is 0.312 e. The standard InChI is InChI=1S/C14H32N2/c1-11(2)10-16(8)13(4)12(3)9-15-14(5,6)7/h11-13,15H,9-10H2,1-8H3. The second kappa shape index (κ2) is 6.61. The summed E-state index contributed by atoms with van der Waals surface area (Å²) in [5.41, 5.74) is 0.227. The fourth-order valence-corrected chi connectivity index (χ4v) is 1.81. The molecule has 0 aliphatic heterocycles. The van der Waals surface area contributed by atoms with E-state index >= 15 is 0 Å². The lowest BCUT2D eigenvalue weighted by atomic mass is 9.99. The van der Waals surface area contributed by atoms with E-state index < -0.39 is 0 Å². The Morgan fingerprint density at radius 2 is 1.56 bits per heavy atom. The molecule has 0 saturated heterocycles. The molecule has 1 N–H and O–H groups in total. The first-order valence-corrected chi connectivity index (χ1v) is 6.58. The first-order chi connectivity index (χ1) is 7.13. The molecule has 0 aromatic heterocycles. The van der Waals surface area contributed by atoms with Crippen molar-refractivity contribution in [1.82, 2.24) is 10.2 Å². The Bertz CT molecular complexity index is 182. The average molecular weight is 228 g/mol. The summed E-state index contributed by atoms with van der Waals surface area (Å²) in [6.07, 6.45) is 0. The van der Waals surface area contributed by atoms with Crippen LogP contribution in [0.15, 0.2) is 0 Å². The van der Waals surface area contributed by atoms with E-state index in [4.69, 9.17) is 0 Å². The maximum absolute atomic E-state index is 3.58. The van der Waals surface area contributed by atoms with Gasteiger partial charge in [0.1, 0.15) is 0 Å². The van der Waals surface area contributed by atoms with Crippen molar-refractivity contribution in [3.8, 4) is 0 Å². The fraction of sp³-hybridized carbons (Fsp3) is 1.00. The Morgan fingerprint density at radius 3 is 1.94 bits per heavy atom. The van der Waals surface area contributed by atoms with Gasteiger partial charge in [0.2, 0.25) is 0 Å². The lowest BCUT2D eigenvalue weighted by Gasteiger charge is -2.33. The van der Waals surface area contributed by atoms with Gasteiger partial charge in [-0.3, -0.25) is 0 Å². The van der Waals surface area contributed by atoms with E-state index in [2.05, 4.69) is 65.7 Å². The topological polar surface area (TPSA) is 15.3 Å². The van der Waals surface area contributed by atoms with Crippen molar-refractivity contribution >= 4 is 0 Å². The first kappa shape index (κ1) is 15.9. The van der Waals surface area contributed by atoms with E-state index in [0.29, 0.717) is 12.0 Å². The molecule has 0 spiro atoms. The van der Waals surface area contributed by atoms with Crippen LogP contribution in [0.5, 0.6) is 0 Å².